The number of carbonyl (C=O) groups excluding carboxylic acids is 1. The van der Waals surface area contributed by atoms with E-state index in [1.54, 1.807) is 24.3 Å². The van der Waals surface area contributed by atoms with Gasteiger partial charge in [-0.1, -0.05) is 11.6 Å². The van der Waals surface area contributed by atoms with Crippen molar-refractivity contribution in [3.05, 3.63) is 53.7 Å². The number of rotatable bonds is 8. The minimum Gasteiger partial charge on any atom is -0.491 e. The summed E-state index contributed by atoms with van der Waals surface area (Å²) in [5, 5.41) is 14.2. The number of nitrogens with one attached hydrogen (secondary N) is 2. The van der Waals surface area contributed by atoms with Gasteiger partial charge in [-0.2, -0.15) is 0 Å². The molecule has 28 heavy (non-hydrogen) atoms. The zero-order valence-corrected chi connectivity index (χ0v) is 16.6. The number of hydrogen-bond donors (Lipinski definition) is 2. The van der Waals surface area contributed by atoms with Crippen LogP contribution in [0.4, 0.5) is 11.5 Å². The van der Waals surface area contributed by atoms with Gasteiger partial charge in [0.25, 0.3) is 5.91 Å². The highest BCUT2D eigenvalue weighted by Crippen LogP contribution is 2.20. The normalized spacial score (nSPS) is 13.8. The Morgan fingerprint density at radius 1 is 1.11 bits per heavy atom. The van der Waals surface area contributed by atoms with E-state index in [-0.39, 0.29) is 17.7 Å². The number of nitrogens with zero attached hydrogens (tertiary/aromatic N) is 2. The Labute approximate surface area is 166 Å². The van der Waals surface area contributed by atoms with Crippen LogP contribution in [0.1, 0.15) is 56.4 Å². The van der Waals surface area contributed by atoms with Crippen LogP contribution < -0.4 is 15.4 Å². The molecule has 0 fully saturated rings. The van der Waals surface area contributed by atoms with Gasteiger partial charge in [0.15, 0.2) is 5.69 Å². The summed E-state index contributed by atoms with van der Waals surface area (Å²) in [5.41, 5.74) is 2.49. The van der Waals surface area contributed by atoms with Gasteiger partial charge < -0.3 is 15.4 Å². The van der Waals surface area contributed by atoms with Crippen LogP contribution in [0, 0.1) is 0 Å². The van der Waals surface area contributed by atoms with Crippen molar-refractivity contribution in [3.63, 3.8) is 0 Å². The van der Waals surface area contributed by atoms with E-state index in [1.807, 2.05) is 26.0 Å². The Hall–Kier alpha value is -2.89. The van der Waals surface area contributed by atoms with Gasteiger partial charge in [-0.3, -0.25) is 4.79 Å². The summed E-state index contributed by atoms with van der Waals surface area (Å²) in [6.07, 6.45) is 8.50. The van der Waals surface area contributed by atoms with E-state index in [0.29, 0.717) is 11.5 Å². The molecule has 0 unspecified atom stereocenters. The summed E-state index contributed by atoms with van der Waals surface area (Å²) >= 11 is 0. The standard InChI is InChI=1S/C22H28N4O2/c1-16(2)28-19-10-8-18(9-11-19)24-22(27)20-12-13-21(26-25-20)23-15-14-17-6-4-3-5-7-17/h6,8-13,16H,3-5,7,14-15H2,1-2H3,(H,23,26)(H,24,27). The minimum absolute atomic E-state index is 0.113. The Kier molecular flexibility index (Phi) is 7.00. The zero-order chi connectivity index (χ0) is 19.8. The van der Waals surface area contributed by atoms with Gasteiger partial charge in [0.1, 0.15) is 11.6 Å². The number of hydrogen-bond acceptors (Lipinski definition) is 5. The maximum Gasteiger partial charge on any atom is 0.276 e. The van der Waals surface area contributed by atoms with Crippen molar-refractivity contribution in [2.45, 2.75) is 52.1 Å². The molecular weight excluding hydrogens is 352 g/mol. The number of benzene rings is 1. The number of carbonyl (C=O) groups is 1. The Morgan fingerprint density at radius 3 is 2.57 bits per heavy atom. The second kappa shape index (κ2) is 9.88. The summed E-state index contributed by atoms with van der Waals surface area (Å²) < 4.78 is 5.60. The first-order valence-electron chi connectivity index (χ1n) is 9.94. The average Bonchev–Trinajstić information content (AvgIpc) is 2.70. The summed E-state index contributed by atoms with van der Waals surface area (Å²) in [6, 6.07) is 10.7. The molecule has 0 bridgehead atoms. The molecule has 2 N–H and O–H groups in total. The van der Waals surface area contributed by atoms with Crippen molar-refractivity contribution < 1.29 is 9.53 Å². The Morgan fingerprint density at radius 2 is 1.93 bits per heavy atom. The quantitative estimate of drug-likeness (QED) is 0.642. The van der Waals surface area contributed by atoms with Crippen molar-refractivity contribution in [3.8, 4) is 5.75 Å². The van der Waals surface area contributed by atoms with E-state index in [1.165, 1.54) is 31.3 Å². The van der Waals surface area contributed by atoms with Crippen LogP contribution in [-0.4, -0.2) is 28.8 Å². The molecule has 148 valence electrons. The molecule has 3 rings (SSSR count). The van der Waals surface area contributed by atoms with Crippen molar-refractivity contribution in [2.75, 3.05) is 17.2 Å². The fourth-order valence-electron chi connectivity index (χ4n) is 3.11. The van der Waals surface area contributed by atoms with Gasteiger partial charge in [0, 0.05) is 12.2 Å². The molecule has 0 saturated heterocycles. The lowest BCUT2D eigenvalue weighted by atomic mass is 9.97. The molecule has 6 heteroatoms. The van der Waals surface area contributed by atoms with Gasteiger partial charge in [-0.25, -0.2) is 0 Å². The van der Waals surface area contributed by atoms with E-state index in [4.69, 9.17) is 4.74 Å². The summed E-state index contributed by atoms with van der Waals surface area (Å²) in [5.74, 6) is 1.17. The van der Waals surface area contributed by atoms with E-state index in [0.717, 1.165) is 18.7 Å². The molecule has 0 radical (unpaired) electrons. The van der Waals surface area contributed by atoms with E-state index in [2.05, 4.69) is 26.9 Å². The molecule has 1 aliphatic carbocycles. The smallest absolute Gasteiger partial charge is 0.276 e. The largest absolute Gasteiger partial charge is 0.491 e. The Bertz CT molecular complexity index is 798. The van der Waals surface area contributed by atoms with Gasteiger partial charge in [-0.05, 0) is 82.3 Å². The third-order valence-corrected chi connectivity index (χ3v) is 4.52. The lowest BCUT2D eigenvalue weighted by Crippen LogP contribution is -2.15. The van der Waals surface area contributed by atoms with Crippen LogP contribution in [0.25, 0.3) is 0 Å². The molecule has 1 aromatic carbocycles. The van der Waals surface area contributed by atoms with E-state index >= 15 is 0 Å². The fourth-order valence-corrected chi connectivity index (χ4v) is 3.11. The molecular formula is C22H28N4O2. The monoisotopic (exact) mass is 380 g/mol. The van der Waals surface area contributed by atoms with Crippen LogP contribution in [0.2, 0.25) is 0 Å². The molecule has 6 nitrogen and oxygen atoms in total. The van der Waals surface area contributed by atoms with Gasteiger partial charge in [0.2, 0.25) is 0 Å². The number of anilines is 2. The summed E-state index contributed by atoms with van der Waals surface area (Å²) in [4.78, 5) is 12.3. The third-order valence-electron chi connectivity index (χ3n) is 4.52. The number of allylic oxidation sites excluding steroid dienone is 1. The average molecular weight is 380 g/mol. The number of ether oxygens (including phenoxy) is 1. The molecule has 0 spiro atoms. The number of aromatic nitrogens is 2. The minimum atomic E-state index is -0.288. The van der Waals surface area contributed by atoms with Gasteiger partial charge in [-0.15, -0.1) is 10.2 Å². The zero-order valence-electron chi connectivity index (χ0n) is 16.6. The molecule has 0 atom stereocenters. The maximum atomic E-state index is 12.3. The highest BCUT2D eigenvalue weighted by Gasteiger charge is 2.09. The predicted octanol–water partition coefficient (Wildman–Crippen LogP) is 4.82. The molecule has 1 heterocycles. The number of amides is 1. The summed E-state index contributed by atoms with van der Waals surface area (Å²) in [7, 11) is 0. The second-order valence-electron chi connectivity index (χ2n) is 7.23. The maximum absolute atomic E-state index is 12.3. The lowest BCUT2D eigenvalue weighted by molar-refractivity contribution is 0.102. The third kappa shape index (κ3) is 6.08. The van der Waals surface area contributed by atoms with Crippen LogP contribution in [0.5, 0.6) is 5.75 Å². The van der Waals surface area contributed by atoms with Crippen LogP contribution in [-0.2, 0) is 0 Å². The van der Waals surface area contributed by atoms with Crippen LogP contribution in [0.3, 0.4) is 0 Å². The first-order chi connectivity index (χ1) is 13.6. The summed E-state index contributed by atoms with van der Waals surface area (Å²) in [6.45, 7) is 4.77. The molecule has 0 aliphatic heterocycles. The second-order valence-corrected chi connectivity index (χ2v) is 7.23. The van der Waals surface area contributed by atoms with Gasteiger partial charge in [0.05, 0.1) is 6.10 Å². The van der Waals surface area contributed by atoms with Crippen LogP contribution >= 0.6 is 0 Å². The topological polar surface area (TPSA) is 76.1 Å². The van der Waals surface area contributed by atoms with Crippen molar-refractivity contribution in [1.29, 1.82) is 0 Å². The van der Waals surface area contributed by atoms with Crippen LogP contribution in [0.15, 0.2) is 48.0 Å². The van der Waals surface area contributed by atoms with Crippen molar-refractivity contribution in [1.82, 2.24) is 10.2 Å². The molecule has 1 amide bonds. The Balaban J connectivity index is 1.48. The van der Waals surface area contributed by atoms with Crippen molar-refractivity contribution in [2.24, 2.45) is 0 Å². The SMILES string of the molecule is CC(C)Oc1ccc(NC(=O)c2ccc(NCCC3=CCCCC3)nn2)cc1. The lowest BCUT2D eigenvalue weighted by Gasteiger charge is -2.13. The molecule has 1 aromatic heterocycles. The molecule has 1 aliphatic rings. The fraction of sp³-hybridized carbons (Fsp3) is 0.409. The van der Waals surface area contributed by atoms with Gasteiger partial charge >= 0.3 is 0 Å². The highest BCUT2D eigenvalue weighted by molar-refractivity contribution is 6.02. The molecule has 0 saturated carbocycles. The molecule has 2 aromatic rings. The first-order valence-corrected chi connectivity index (χ1v) is 9.94. The van der Waals surface area contributed by atoms with E-state index < -0.39 is 0 Å². The highest BCUT2D eigenvalue weighted by atomic mass is 16.5. The predicted molar refractivity (Wildman–Crippen MR) is 112 cm³/mol. The first kappa shape index (κ1) is 19.9. The van der Waals surface area contributed by atoms with E-state index in [9.17, 15) is 4.79 Å². The van der Waals surface area contributed by atoms with Crippen molar-refractivity contribution >= 4 is 17.4 Å².